The molecule has 1 aromatic carbocycles. The van der Waals surface area contributed by atoms with Gasteiger partial charge in [0.25, 0.3) is 6.47 Å². The second-order valence-electron chi connectivity index (χ2n) is 4.00. The minimum atomic E-state index is -4.42. The fraction of sp³-hybridized carbons (Fsp3) is 0.364. The summed E-state index contributed by atoms with van der Waals surface area (Å²) in [6.07, 6.45) is -1.23. The van der Waals surface area contributed by atoms with Crippen molar-refractivity contribution < 1.29 is 27.1 Å². The molecule has 1 aliphatic carbocycles. The molecule has 0 amide bonds. The summed E-state index contributed by atoms with van der Waals surface area (Å²) in [5.74, 6) is -8.60. The summed E-state index contributed by atoms with van der Waals surface area (Å²) in [6, 6.07) is 5.27. The highest BCUT2D eigenvalue weighted by Crippen LogP contribution is 2.64. The van der Waals surface area contributed by atoms with Crippen LogP contribution in [0, 0.1) is 0 Å². The Labute approximate surface area is 108 Å². The van der Waals surface area contributed by atoms with E-state index < -0.39 is 23.9 Å². The molecule has 0 spiro atoms. The first-order chi connectivity index (χ1) is 8.27. The summed E-state index contributed by atoms with van der Waals surface area (Å²) in [5.41, 5.74) is -2.74. The van der Waals surface area contributed by atoms with Crippen LogP contribution in [-0.2, 0) is 15.1 Å². The van der Waals surface area contributed by atoms with Gasteiger partial charge in [0.1, 0.15) is 0 Å². The zero-order valence-corrected chi connectivity index (χ0v) is 10.4. The SMILES string of the molecule is O=COC1(c2ccc(Br)cc2)CC(F)(F)C1(F)F. The Morgan fingerprint density at radius 1 is 1.17 bits per heavy atom. The number of carbonyl (C=O) groups is 1. The number of benzene rings is 1. The summed E-state index contributed by atoms with van der Waals surface area (Å²) in [5, 5.41) is 0. The summed E-state index contributed by atoms with van der Waals surface area (Å²) < 4.78 is 57.9. The second kappa shape index (κ2) is 3.94. The van der Waals surface area contributed by atoms with Crippen LogP contribution in [0.15, 0.2) is 28.7 Å². The van der Waals surface area contributed by atoms with Gasteiger partial charge in [-0.3, -0.25) is 4.79 Å². The topological polar surface area (TPSA) is 26.3 Å². The van der Waals surface area contributed by atoms with Crippen LogP contribution in [0.5, 0.6) is 0 Å². The van der Waals surface area contributed by atoms with Crippen molar-refractivity contribution >= 4 is 22.4 Å². The van der Waals surface area contributed by atoms with E-state index in [1.165, 1.54) is 24.3 Å². The van der Waals surface area contributed by atoms with Crippen molar-refractivity contribution in [2.45, 2.75) is 23.9 Å². The highest BCUT2D eigenvalue weighted by atomic mass is 79.9. The van der Waals surface area contributed by atoms with Crippen LogP contribution in [0.1, 0.15) is 12.0 Å². The number of halogens is 5. The number of carbonyl (C=O) groups excluding carboxylic acids is 1. The lowest BCUT2D eigenvalue weighted by atomic mass is 9.68. The van der Waals surface area contributed by atoms with Gasteiger partial charge in [0, 0.05) is 10.0 Å². The zero-order chi connectivity index (χ0) is 13.6. The van der Waals surface area contributed by atoms with E-state index in [4.69, 9.17) is 0 Å². The number of alkyl halides is 4. The third kappa shape index (κ3) is 1.56. The molecule has 0 aliphatic heterocycles. The van der Waals surface area contributed by atoms with Gasteiger partial charge in [-0.15, -0.1) is 0 Å². The van der Waals surface area contributed by atoms with Gasteiger partial charge in [-0.05, 0) is 12.1 Å². The minimum absolute atomic E-state index is 0.159. The molecule has 0 aromatic heterocycles. The van der Waals surface area contributed by atoms with E-state index >= 15 is 0 Å². The van der Waals surface area contributed by atoms with E-state index in [0.717, 1.165) is 0 Å². The molecular formula is C11H7BrF4O2. The van der Waals surface area contributed by atoms with Crippen molar-refractivity contribution in [3.63, 3.8) is 0 Å². The third-order valence-electron chi connectivity index (χ3n) is 3.00. The van der Waals surface area contributed by atoms with Crippen molar-refractivity contribution in [1.29, 1.82) is 0 Å². The molecule has 1 unspecified atom stereocenters. The van der Waals surface area contributed by atoms with Crippen molar-refractivity contribution in [1.82, 2.24) is 0 Å². The van der Waals surface area contributed by atoms with Gasteiger partial charge in [-0.25, -0.2) is 0 Å². The molecule has 2 nitrogen and oxygen atoms in total. The first-order valence-electron chi connectivity index (χ1n) is 4.90. The van der Waals surface area contributed by atoms with E-state index in [1.807, 2.05) is 0 Å². The average Bonchev–Trinajstić information content (AvgIpc) is 2.28. The maximum atomic E-state index is 13.6. The van der Waals surface area contributed by atoms with Crippen molar-refractivity contribution in [3.8, 4) is 0 Å². The van der Waals surface area contributed by atoms with Gasteiger partial charge in [0.05, 0.1) is 6.42 Å². The Morgan fingerprint density at radius 3 is 2.11 bits per heavy atom. The van der Waals surface area contributed by atoms with Crippen LogP contribution < -0.4 is 0 Å². The summed E-state index contributed by atoms with van der Waals surface area (Å²) in [7, 11) is 0. The molecule has 1 aromatic rings. The zero-order valence-electron chi connectivity index (χ0n) is 8.80. The minimum Gasteiger partial charge on any atom is -0.449 e. The van der Waals surface area contributed by atoms with Crippen LogP contribution >= 0.6 is 15.9 Å². The van der Waals surface area contributed by atoms with Crippen molar-refractivity contribution in [2.75, 3.05) is 0 Å². The van der Waals surface area contributed by atoms with Crippen LogP contribution in [0.2, 0.25) is 0 Å². The molecule has 7 heteroatoms. The Kier molecular flexibility index (Phi) is 2.92. The monoisotopic (exact) mass is 326 g/mol. The normalized spacial score (nSPS) is 28.3. The number of hydrogen-bond donors (Lipinski definition) is 0. The quantitative estimate of drug-likeness (QED) is 0.627. The van der Waals surface area contributed by atoms with Crippen molar-refractivity contribution in [3.05, 3.63) is 34.3 Å². The molecule has 1 fully saturated rings. The first-order valence-corrected chi connectivity index (χ1v) is 5.69. The molecule has 0 radical (unpaired) electrons. The number of hydrogen-bond acceptors (Lipinski definition) is 2. The van der Waals surface area contributed by atoms with E-state index in [9.17, 15) is 22.4 Å². The largest absolute Gasteiger partial charge is 0.449 e. The highest BCUT2D eigenvalue weighted by Gasteiger charge is 2.83. The van der Waals surface area contributed by atoms with Gasteiger partial charge in [0.2, 0.25) is 5.60 Å². The maximum absolute atomic E-state index is 13.6. The van der Waals surface area contributed by atoms with E-state index in [0.29, 0.717) is 4.47 Å². The maximum Gasteiger partial charge on any atom is 0.353 e. The standard InChI is InChI=1S/C11H7BrF4O2/c12-8-3-1-7(2-4-8)9(18-6-17)5-10(13,14)11(9,15)16/h1-4,6H,5H2. The number of rotatable bonds is 3. The highest BCUT2D eigenvalue weighted by molar-refractivity contribution is 9.10. The molecule has 2 rings (SSSR count). The Morgan fingerprint density at radius 2 is 1.72 bits per heavy atom. The summed E-state index contributed by atoms with van der Waals surface area (Å²) in [6.45, 7) is -0.231. The molecule has 98 valence electrons. The molecule has 1 atom stereocenters. The lowest BCUT2D eigenvalue weighted by Crippen LogP contribution is -2.70. The molecule has 1 saturated carbocycles. The first kappa shape index (κ1) is 13.3. The summed E-state index contributed by atoms with van der Waals surface area (Å²) >= 11 is 3.10. The fourth-order valence-corrected chi connectivity index (χ4v) is 2.26. The molecule has 0 heterocycles. The van der Waals surface area contributed by atoms with E-state index in [2.05, 4.69) is 20.7 Å². The van der Waals surface area contributed by atoms with Crippen molar-refractivity contribution in [2.24, 2.45) is 0 Å². The van der Waals surface area contributed by atoms with E-state index in [1.54, 1.807) is 0 Å². The van der Waals surface area contributed by atoms with Crippen LogP contribution in [0.25, 0.3) is 0 Å². The second-order valence-corrected chi connectivity index (χ2v) is 4.92. The molecular weight excluding hydrogens is 320 g/mol. The third-order valence-corrected chi connectivity index (χ3v) is 3.53. The average molecular weight is 327 g/mol. The lowest BCUT2D eigenvalue weighted by Gasteiger charge is -2.52. The Balaban J connectivity index is 2.48. The van der Waals surface area contributed by atoms with Gasteiger partial charge in [-0.1, -0.05) is 28.1 Å². The van der Waals surface area contributed by atoms with Gasteiger partial charge >= 0.3 is 11.8 Å². The molecule has 1 aliphatic rings. The summed E-state index contributed by atoms with van der Waals surface area (Å²) in [4.78, 5) is 10.3. The molecule has 0 bridgehead atoms. The predicted octanol–water partition coefficient (Wildman–Crippen LogP) is 3.49. The van der Waals surface area contributed by atoms with Gasteiger partial charge in [-0.2, -0.15) is 17.6 Å². The van der Waals surface area contributed by atoms with Crippen LogP contribution in [0.3, 0.4) is 0 Å². The molecule has 0 N–H and O–H groups in total. The Bertz CT molecular complexity index is 474. The molecule has 0 saturated heterocycles. The van der Waals surface area contributed by atoms with Crippen LogP contribution in [-0.4, -0.2) is 18.3 Å². The Hall–Kier alpha value is -1.11. The van der Waals surface area contributed by atoms with Crippen LogP contribution in [0.4, 0.5) is 17.6 Å². The lowest BCUT2D eigenvalue weighted by molar-refractivity contribution is -0.384. The van der Waals surface area contributed by atoms with Gasteiger partial charge < -0.3 is 4.74 Å². The predicted molar refractivity (Wildman–Crippen MR) is 57.5 cm³/mol. The number of ether oxygens (including phenoxy) is 1. The molecule has 18 heavy (non-hydrogen) atoms. The smallest absolute Gasteiger partial charge is 0.353 e. The van der Waals surface area contributed by atoms with Gasteiger partial charge in [0.15, 0.2) is 0 Å². The fourth-order valence-electron chi connectivity index (χ4n) is 1.99. The van der Waals surface area contributed by atoms with E-state index in [-0.39, 0.29) is 12.0 Å².